The fourth-order valence-corrected chi connectivity index (χ4v) is 6.09. The highest BCUT2D eigenvalue weighted by Crippen LogP contribution is 2.26. The maximum atomic E-state index is 13.7. The molecule has 1 aliphatic heterocycles. The van der Waals surface area contributed by atoms with Gasteiger partial charge in [0, 0.05) is 24.7 Å². The van der Waals surface area contributed by atoms with Gasteiger partial charge in [-0.15, -0.1) is 0 Å². The average molecular weight is 336 g/mol. The van der Waals surface area contributed by atoms with Crippen molar-refractivity contribution in [1.29, 1.82) is 0 Å². The number of nitrogens with zero attached hydrogens (tertiary/aromatic N) is 1. The molecule has 1 aromatic carbocycles. The first-order chi connectivity index (χ1) is 9.69. The van der Waals surface area contributed by atoms with Crippen LogP contribution >= 0.6 is 0 Å². The first kappa shape index (κ1) is 16.3. The molecule has 2 rings (SSSR count). The number of hydrogen-bond acceptors (Lipinski definition) is 5. The molecule has 0 spiro atoms. The van der Waals surface area contributed by atoms with Crippen molar-refractivity contribution in [3.8, 4) is 0 Å². The molecular weight excluding hydrogens is 319 g/mol. The van der Waals surface area contributed by atoms with E-state index in [0.717, 1.165) is 10.4 Å². The van der Waals surface area contributed by atoms with Crippen LogP contribution in [-0.2, 0) is 26.4 Å². The van der Waals surface area contributed by atoms with Crippen LogP contribution in [0.5, 0.6) is 0 Å². The van der Waals surface area contributed by atoms with Crippen molar-refractivity contribution in [2.75, 3.05) is 18.1 Å². The second-order valence-corrected chi connectivity index (χ2v) is 9.09. The summed E-state index contributed by atoms with van der Waals surface area (Å²) in [5.41, 5.74) is 5.35. The van der Waals surface area contributed by atoms with Gasteiger partial charge < -0.3 is 5.73 Å². The van der Waals surface area contributed by atoms with Crippen LogP contribution in [0.2, 0.25) is 0 Å². The molecule has 1 saturated heterocycles. The summed E-state index contributed by atoms with van der Waals surface area (Å²) in [6, 6.07) is 3.04. The maximum Gasteiger partial charge on any atom is 0.243 e. The number of nitrogens with two attached hydrogens (primary N) is 1. The number of sulfone groups is 1. The highest BCUT2D eigenvalue weighted by molar-refractivity contribution is 7.92. The largest absolute Gasteiger partial charge is 0.326 e. The standard InChI is InChI=1S/C12H17FN2O4S2/c1-9-8-20(16,17)6-5-15(9)21(18,19)12-4-2-3-11(13)10(12)7-14/h2-4,9H,5-8,14H2,1H3. The molecule has 1 unspecified atom stereocenters. The van der Waals surface area contributed by atoms with Crippen LogP contribution in [0.15, 0.2) is 23.1 Å². The minimum Gasteiger partial charge on any atom is -0.326 e. The lowest BCUT2D eigenvalue weighted by Crippen LogP contribution is -2.49. The molecule has 0 saturated carbocycles. The molecule has 0 amide bonds. The summed E-state index contributed by atoms with van der Waals surface area (Å²) in [5.74, 6) is -1.15. The van der Waals surface area contributed by atoms with E-state index in [4.69, 9.17) is 5.73 Å². The Bertz CT molecular complexity index is 747. The fraction of sp³-hybridized carbons (Fsp3) is 0.500. The highest BCUT2D eigenvalue weighted by atomic mass is 32.2. The third-order valence-electron chi connectivity index (χ3n) is 3.48. The smallest absolute Gasteiger partial charge is 0.243 e. The topological polar surface area (TPSA) is 97.5 Å². The first-order valence-electron chi connectivity index (χ1n) is 6.39. The van der Waals surface area contributed by atoms with Crippen molar-refractivity contribution in [2.24, 2.45) is 5.73 Å². The lowest BCUT2D eigenvalue weighted by Gasteiger charge is -2.32. The van der Waals surface area contributed by atoms with Crippen molar-refractivity contribution >= 4 is 19.9 Å². The summed E-state index contributed by atoms with van der Waals surface area (Å²) < 4.78 is 63.2. The van der Waals surface area contributed by atoms with Gasteiger partial charge in [0.25, 0.3) is 0 Å². The third-order valence-corrected chi connectivity index (χ3v) is 7.37. The molecule has 6 nitrogen and oxygen atoms in total. The first-order valence-corrected chi connectivity index (χ1v) is 9.65. The van der Waals surface area contributed by atoms with Crippen LogP contribution in [0.3, 0.4) is 0 Å². The Morgan fingerprint density at radius 2 is 2.10 bits per heavy atom. The van der Waals surface area contributed by atoms with Crippen LogP contribution in [0.1, 0.15) is 12.5 Å². The van der Waals surface area contributed by atoms with Crippen LogP contribution in [-0.4, -0.2) is 45.2 Å². The van der Waals surface area contributed by atoms with E-state index in [1.54, 1.807) is 0 Å². The zero-order chi connectivity index (χ0) is 15.8. The highest BCUT2D eigenvalue weighted by Gasteiger charge is 2.37. The van der Waals surface area contributed by atoms with Crippen molar-refractivity contribution < 1.29 is 21.2 Å². The van der Waals surface area contributed by atoms with Crippen LogP contribution in [0.25, 0.3) is 0 Å². The number of hydrogen-bond donors (Lipinski definition) is 1. The van der Waals surface area contributed by atoms with Gasteiger partial charge in [-0.1, -0.05) is 6.07 Å². The van der Waals surface area contributed by atoms with Crippen molar-refractivity contribution in [3.63, 3.8) is 0 Å². The Hall–Kier alpha value is -1.03. The number of rotatable bonds is 3. The summed E-state index contributed by atoms with van der Waals surface area (Å²) in [5, 5.41) is 0. The molecule has 0 radical (unpaired) electrons. The third kappa shape index (κ3) is 3.10. The average Bonchev–Trinajstić information content (AvgIpc) is 2.36. The van der Waals surface area contributed by atoms with E-state index in [1.165, 1.54) is 19.1 Å². The lowest BCUT2D eigenvalue weighted by molar-refractivity contribution is 0.356. The van der Waals surface area contributed by atoms with Gasteiger partial charge in [0.1, 0.15) is 5.82 Å². The summed E-state index contributed by atoms with van der Waals surface area (Å²) >= 11 is 0. The van der Waals surface area contributed by atoms with E-state index in [0.29, 0.717) is 0 Å². The Labute approximate surface area is 123 Å². The Kier molecular flexibility index (Phi) is 4.39. The van der Waals surface area contributed by atoms with Crippen molar-refractivity contribution in [1.82, 2.24) is 4.31 Å². The van der Waals surface area contributed by atoms with E-state index in [2.05, 4.69) is 0 Å². The Balaban J connectivity index is 2.46. The monoisotopic (exact) mass is 336 g/mol. The Morgan fingerprint density at radius 1 is 1.43 bits per heavy atom. The molecule has 2 N–H and O–H groups in total. The number of benzene rings is 1. The lowest BCUT2D eigenvalue weighted by atomic mass is 10.2. The van der Waals surface area contributed by atoms with E-state index in [-0.39, 0.29) is 35.1 Å². The Morgan fingerprint density at radius 3 is 2.67 bits per heavy atom. The molecule has 1 aromatic rings. The summed E-state index contributed by atoms with van der Waals surface area (Å²) in [7, 11) is -7.21. The molecular formula is C12H17FN2O4S2. The van der Waals surface area contributed by atoms with Gasteiger partial charge in [-0.05, 0) is 19.1 Å². The second kappa shape index (κ2) is 5.64. The molecule has 21 heavy (non-hydrogen) atoms. The zero-order valence-corrected chi connectivity index (χ0v) is 13.1. The SMILES string of the molecule is CC1CS(=O)(=O)CCN1S(=O)(=O)c1cccc(F)c1CN. The molecule has 9 heteroatoms. The normalized spacial score (nSPS) is 23.1. The molecule has 0 bridgehead atoms. The number of halogens is 1. The second-order valence-electron chi connectivity index (χ2n) is 5.00. The van der Waals surface area contributed by atoms with E-state index >= 15 is 0 Å². The molecule has 0 aliphatic carbocycles. The van der Waals surface area contributed by atoms with Crippen LogP contribution in [0.4, 0.5) is 4.39 Å². The molecule has 118 valence electrons. The zero-order valence-electron chi connectivity index (χ0n) is 11.5. The quantitative estimate of drug-likeness (QED) is 0.844. The molecule has 1 heterocycles. The minimum absolute atomic E-state index is 0.0851. The van der Waals surface area contributed by atoms with Gasteiger partial charge in [-0.25, -0.2) is 21.2 Å². The minimum atomic E-state index is -3.98. The van der Waals surface area contributed by atoms with Gasteiger partial charge >= 0.3 is 0 Å². The summed E-state index contributed by atoms with van der Waals surface area (Å²) in [6.45, 7) is 1.14. The van der Waals surface area contributed by atoms with E-state index < -0.39 is 31.7 Å². The maximum absolute atomic E-state index is 13.7. The van der Waals surface area contributed by atoms with Gasteiger partial charge in [0.05, 0.1) is 16.4 Å². The predicted octanol–water partition coefficient (Wildman–Crippen LogP) is 0.0920. The van der Waals surface area contributed by atoms with Crippen molar-refractivity contribution in [3.05, 3.63) is 29.6 Å². The number of sulfonamides is 1. The van der Waals surface area contributed by atoms with Crippen molar-refractivity contribution in [2.45, 2.75) is 24.4 Å². The molecule has 1 aliphatic rings. The molecule has 0 aromatic heterocycles. The van der Waals surface area contributed by atoms with Gasteiger partial charge in [-0.2, -0.15) is 4.31 Å². The summed E-state index contributed by atoms with van der Waals surface area (Å²) in [4.78, 5) is -0.198. The summed E-state index contributed by atoms with van der Waals surface area (Å²) in [6.07, 6.45) is 0. The molecule has 1 atom stereocenters. The van der Waals surface area contributed by atoms with Crippen LogP contribution in [0, 0.1) is 5.82 Å². The van der Waals surface area contributed by atoms with E-state index in [9.17, 15) is 21.2 Å². The van der Waals surface area contributed by atoms with Gasteiger partial charge in [-0.3, -0.25) is 0 Å². The van der Waals surface area contributed by atoms with E-state index in [1.807, 2.05) is 0 Å². The predicted molar refractivity (Wildman–Crippen MR) is 76.3 cm³/mol. The van der Waals surface area contributed by atoms with Gasteiger partial charge in [0.15, 0.2) is 9.84 Å². The van der Waals surface area contributed by atoms with Crippen LogP contribution < -0.4 is 5.73 Å². The fourth-order valence-electron chi connectivity index (χ4n) is 2.45. The van der Waals surface area contributed by atoms with Gasteiger partial charge in [0.2, 0.25) is 10.0 Å². The molecule has 1 fully saturated rings.